The average molecular weight is 322 g/mol. The zero-order chi connectivity index (χ0) is 15.0. The maximum absolute atomic E-state index is 12.6. The molecule has 108 valence electrons. The number of aliphatic carboxylic acids is 1. The number of halogens is 1. The van der Waals surface area contributed by atoms with Gasteiger partial charge in [0.15, 0.2) is 0 Å². The summed E-state index contributed by atoms with van der Waals surface area (Å²) in [5.41, 5.74) is 1.96. The summed E-state index contributed by atoms with van der Waals surface area (Å²) in [6.07, 6.45) is 0.320. The van der Waals surface area contributed by atoms with Crippen LogP contribution in [0.2, 0.25) is 5.02 Å². The molecule has 0 saturated heterocycles. The van der Waals surface area contributed by atoms with E-state index in [0.717, 1.165) is 11.1 Å². The monoisotopic (exact) mass is 321 g/mol. The molecular formula is C15H12ClNO3S. The first-order chi connectivity index (χ1) is 10.1. The van der Waals surface area contributed by atoms with E-state index >= 15 is 0 Å². The summed E-state index contributed by atoms with van der Waals surface area (Å²) in [6.45, 7) is 0.292. The number of rotatable bonds is 2. The average Bonchev–Trinajstić information content (AvgIpc) is 2.91. The summed E-state index contributed by atoms with van der Waals surface area (Å²) >= 11 is 7.23. The summed E-state index contributed by atoms with van der Waals surface area (Å²) in [5.74, 6) is -1.32. The number of thiophene rings is 1. The minimum Gasteiger partial charge on any atom is -0.480 e. The first-order valence-electron chi connectivity index (χ1n) is 6.41. The van der Waals surface area contributed by atoms with Crippen LogP contribution in [-0.4, -0.2) is 27.9 Å². The van der Waals surface area contributed by atoms with Crippen molar-refractivity contribution in [3.05, 3.63) is 56.7 Å². The Morgan fingerprint density at radius 3 is 2.57 bits per heavy atom. The van der Waals surface area contributed by atoms with Crippen molar-refractivity contribution in [1.82, 2.24) is 4.90 Å². The van der Waals surface area contributed by atoms with Crippen LogP contribution >= 0.6 is 22.9 Å². The zero-order valence-corrected chi connectivity index (χ0v) is 12.5. The van der Waals surface area contributed by atoms with Crippen LogP contribution in [-0.2, 0) is 17.8 Å². The van der Waals surface area contributed by atoms with Gasteiger partial charge in [-0.15, -0.1) is 11.3 Å². The lowest BCUT2D eigenvalue weighted by Gasteiger charge is -2.34. The third kappa shape index (κ3) is 2.54. The fourth-order valence-electron chi connectivity index (χ4n) is 2.53. The van der Waals surface area contributed by atoms with Crippen molar-refractivity contribution in [3.8, 4) is 0 Å². The minimum atomic E-state index is -0.995. The van der Waals surface area contributed by atoms with Crippen molar-refractivity contribution >= 4 is 34.8 Å². The fraction of sp³-hybridized carbons (Fsp3) is 0.200. The highest BCUT2D eigenvalue weighted by atomic mass is 35.5. The second kappa shape index (κ2) is 5.50. The number of carboxylic acids is 1. The van der Waals surface area contributed by atoms with Crippen molar-refractivity contribution in [2.45, 2.75) is 19.0 Å². The van der Waals surface area contributed by atoms with Gasteiger partial charge < -0.3 is 10.0 Å². The van der Waals surface area contributed by atoms with E-state index in [1.165, 1.54) is 16.2 Å². The second-order valence-corrected chi connectivity index (χ2v) is 6.18. The Morgan fingerprint density at radius 1 is 1.24 bits per heavy atom. The molecule has 0 radical (unpaired) electrons. The molecule has 2 aromatic rings. The molecule has 0 spiro atoms. The largest absolute Gasteiger partial charge is 0.480 e. The predicted molar refractivity (Wildman–Crippen MR) is 80.8 cm³/mol. The highest BCUT2D eigenvalue weighted by Gasteiger charge is 2.35. The van der Waals surface area contributed by atoms with E-state index in [4.69, 9.17) is 11.6 Å². The normalized spacial score (nSPS) is 17.4. The van der Waals surface area contributed by atoms with Crippen LogP contribution in [0.4, 0.5) is 0 Å². The van der Waals surface area contributed by atoms with Crippen LogP contribution in [0.5, 0.6) is 0 Å². The smallest absolute Gasteiger partial charge is 0.326 e. The molecule has 21 heavy (non-hydrogen) atoms. The van der Waals surface area contributed by atoms with Crippen LogP contribution < -0.4 is 0 Å². The lowest BCUT2D eigenvalue weighted by molar-refractivity contribution is -0.142. The molecule has 0 unspecified atom stereocenters. The Hall–Kier alpha value is -1.85. The third-order valence-corrected chi connectivity index (χ3v) is 4.94. The van der Waals surface area contributed by atoms with Crippen LogP contribution in [0.25, 0.3) is 0 Å². The van der Waals surface area contributed by atoms with Crippen molar-refractivity contribution < 1.29 is 14.7 Å². The molecule has 1 amide bonds. The molecule has 0 fully saturated rings. The van der Waals surface area contributed by atoms with E-state index in [0.29, 0.717) is 22.9 Å². The van der Waals surface area contributed by atoms with Gasteiger partial charge in [-0.1, -0.05) is 35.9 Å². The van der Waals surface area contributed by atoms with Gasteiger partial charge in [-0.25, -0.2) is 4.79 Å². The molecule has 1 atom stereocenters. The SMILES string of the molecule is O=C(O)[C@H]1Cc2ccccc2CN1C(=O)c1sccc1Cl. The van der Waals surface area contributed by atoms with Gasteiger partial charge in [0.2, 0.25) is 0 Å². The minimum absolute atomic E-state index is 0.292. The first-order valence-corrected chi connectivity index (χ1v) is 7.67. The molecule has 0 bridgehead atoms. The van der Waals surface area contributed by atoms with Crippen LogP contribution in [0.3, 0.4) is 0 Å². The molecule has 1 aliphatic rings. The molecule has 6 heteroatoms. The van der Waals surface area contributed by atoms with Gasteiger partial charge >= 0.3 is 5.97 Å². The van der Waals surface area contributed by atoms with Crippen molar-refractivity contribution in [1.29, 1.82) is 0 Å². The van der Waals surface area contributed by atoms with E-state index in [1.807, 2.05) is 24.3 Å². The van der Waals surface area contributed by atoms with E-state index in [2.05, 4.69) is 0 Å². The number of amides is 1. The number of carbonyl (C=O) groups excluding carboxylic acids is 1. The van der Waals surface area contributed by atoms with Crippen molar-refractivity contribution in [3.63, 3.8) is 0 Å². The lowest BCUT2D eigenvalue weighted by atomic mass is 9.94. The molecule has 0 aliphatic carbocycles. The van der Waals surface area contributed by atoms with Gasteiger partial charge in [0.25, 0.3) is 5.91 Å². The van der Waals surface area contributed by atoms with Gasteiger partial charge in [0.05, 0.1) is 5.02 Å². The Kier molecular flexibility index (Phi) is 3.69. The molecule has 1 aliphatic heterocycles. The van der Waals surface area contributed by atoms with Gasteiger partial charge in [-0.3, -0.25) is 4.79 Å². The van der Waals surface area contributed by atoms with Gasteiger partial charge in [-0.2, -0.15) is 0 Å². The van der Waals surface area contributed by atoms with Crippen molar-refractivity contribution in [2.75, 3.05) is 0 Å². The molecule has 1 aromatic carbocycles. The maximum Gasteiger partial charge on any atom is 0.326 e. The Balaban J connectivity index is 1.98. The van der Waals surface area contributed by atoms with Crippen molar-refractivity contribution in [2.24, 2.45) is 0 Å². The number of hydrogen-bond donors (Lipinski definition) is 1. The number of hydrogen-bond acceptors (Lipinski definition) is 3. The van der Waals surface area contributed by atoms with Gasteiger partial charge in [0, 0.05) is 13.0 Å². The Labute approximate surface area is 130 Å². The summed E-state index contributed by atoms with van der Waals surface area (Å²) < 4.78 is 0. The lowest BCUT2D eigenvalue weighted by Crippen LogP contribution is -2.48. The van der Waals surface area contributed by atoms with E-state index in [-0.39, 0.29) is 5.91 Å². The number of nitrogens with zero attached hydrogens (tertiary/aromatic N) is 1. The van der Waals surface area contributed by atoms with Gasteiger partial charge in [-0.05, 0) is 22.6 Å². The second-order valence-electron chi connectivity index (χ2n) is 4.86. The van der Waals surface area contributed by atoms with Crippen LogP contribution in [0, 0.1) is 0 Å². The number of benzene rings is 1. The summed E-state index contributed by atoms with van der Waals surface area (Å²) in [7, 11) is 0. The molecule has 3 rings (SSSR count). The summed E-state index contributed by atoms with van der Waals surface area (Å²) in [4.78, 5) is 25.9. The summed E-state index contributed by atoms with van der Waals surface area (Å²) in [5, 5.41) is 11.5. The van der Waals surface area contributed by atoms with Gasteiger partial charge in [0.1, 0.15) is 10.9 Å². The van der Waals surface area contributed by atoms with Crippen LogP contribution in [0.15, 0.2) is 35.7 Å². The molecule has 0 saturated carbocycles. The maximum atomic E-state index is 12.6. The highest BCUT2D eigenvalue weighted by molar-refractivity contribution is 7.12. The Bertz CT molecular complexity index is 712. The molecule has 1 aromatic heterocycles. The third-order valence-electron chi connectivity index (χ3n) is 3.61. The number of carboxylic acid groups (broad SMARTS) is 1. The van der Waals surface area contributed by atoms with E-state index in [9.17, 15) is 14.7 Å². The molecule has 4 nitrogen and oxygen atoms in total. The quantitative estimate of drug-likeness (QED) is 0.925. The first kappa shape index (κ1) is 14.1. The molecular weight excluding hydrogens is 310 g/mol. The highest BCUT2D eigenvalue weighted by Crippen LogP contribution is 2.29. The summed E-state index contributed by atoms with van der Waals surface area (Å²) in [6, 6.07) is 8.39. The van der Waals surface area contributed by atoms with E-state index < -0.39 is 12.0 Å². The van der Waals surface area contributed by atoms with Crippen LogP contribution in [0.1, 0.15) is 20.8 Å². The zero-order valence-electron chi connectivity index (χ0n) is 11.0. The number of fused-ring (bicyclic) bond motifs is 1. The molecule has 1 N–H and O–H groups in total. The number of carbonyl (C=O) groups is 2. The van der Waals surface area contributed by atoms with E-state index in [1.54, 1.807) is 11.4 Å². The molecule has 2 heterocycles. The predicted octanol–water partition coefficient (Wildman–Crippen LogP) is 3.05. The Morgan fingerprint density at radius 2 is 1.95 bits per heavy atom. The standard InChI is InChI=1S/C15H12ClNO3S/c16-11-5-6-21-13(11)14(18)17-8-10-4-2-1-3-9(10)7-12(17)15(19)20/h1-6,12H,7-8H2,(H,19,20)/t12-/m1/s1. The topological polar surface area (TPSA) is 57.6 Å². The fourth-order valence-corrected chi connectivity index (χ4v) is 3.62.